The molecular weight excluding hydrogens is 451 g/mol. The minimum atomic E-state index is 0.683. The van der Waals surface area contributed by atoms with Gasteiger partial charge in [-0.1, -0.05) is 41.1 Å². The highest BCUT2D eigenvalue weighted by atomic mass is 127. The number of aromatic amines is 1. The summed E-state index contributed by atoms with van der Waals surface area (Å²) in [6.07, 6.45) is 3.31. The number of aryl methyl sites for hydroxylation is 1. The molecular formula is C18H20ClIN4O. The van der Waals surface area contributed by atoms with E-state index >= 15 is 0 Å². The SMILES string of the molecule is CCc1c(Cc2ccn[nH]2)nn(CC)c1Oc1cc(Cl)cc(CI)c1. The average Bonchev–Trinajstić information content (AvgIpc) is 3.22. The lowest BCUT2D eigenvalue weighted by Crippen LogP contribution is -2.01. The first-order chi connectivity index (χ1) is 12.1. The van der Waals surface area contributed by atoms with Crippen LogP contribution in [0.5, 0.6) is 11.6 Å². The van der Waals surface area contributed by atoms with Crippen molar-refractivity contribution in [3.63, 3.8) is 0 Å². The normalized spacial score (nSPS) is 11.0. The Morgan fingerprint density at radius 3 is 2.76 bits per heavy atom. The van der Waals surface area contributed by atoms with Crippen molar-refractivity contribution in [2.75, 3.05) is 0 Å². The molecule has 0 atom stereocenters. The van der Waals surface area contributed by atoms with Gasteiger partial charge in [-0.25, -0.2) is 4.68 Å². The molecule has 0 aliphatic rings. The summed E-state index contributed by atoms with van der Waals surface area (Å²) in [5.41, 5.74) is 4.31. The van der Waals surface area contributed by atoms with Crippen molar-refractivity contribution in [2.45, 2.75) is 37.7 Å². The molecule has 0 fully saturated rings. The van der Waals surface area contributed by atoms with Crippen LogP contribution in [0, 0.1) is 0 Å². The number of nitrogens with zero attached hydrogens (tertiary/aromatic N) is 3. The van der Waals surface area contributed by atoms with Gasteiger partial charge in [0, 0.05) is 39.9 Å². The van der Waals surface area contributed by atoms with Gasteiger partial charge in [0.25, 0.3) is 0 Å². The zero-order valence-corrected chi connectivity index (χ0v) is 17.1. The lowest BCUT2D eigenvalue weighted by Gasteiger charge is -2.11. The molecule has 0 aliphatic heterocycles. The maximum Gasteiger partial charge on any atom is 0.221 e. The van der Waals surface area contributed by atoms with Crippen molar-refractivity contribution in [3.8, 4) is 11.6 Å². The summed E-state index contributed by atoms with van der Waals surface area (Å²) in [6, 6.07) is 7.80. The molecule has 1 N–H and O–H groups in total. The molecule has 0 bridgehead atoms. The fourth-order valence-corrected chi connectivity index (χ4v) is 3.48. The molecule has 132 valence electrons. The van der Waals surface area contributed by atoms with E-state index in [1.165, 1.54) is 0 Å². The van der Waals surface area contributed by atoms with Crippen molar-refractivity contribution >= 4 is 34.2 Å². The van der Waals surface area contributed by atoms with Crippen LogP contribution in [0.25, 0.3) is 0 Å². The maximum atomic E-state index is 6.23. The topological polar surface area (TPSA) is 55.7 Å². The number of halogens is 2. The number of hydrogen-bond acceptors (Lipinski definition) is 3. The fraction of sp³-hybridized carbons (Fsp3) is 0.333. The number of nitrogens with one attached hydrogen (secondary N) is 1. The van der Waals surface area contributed by atoms with Gasteiger partial charge in [-0.3, -0.25) is 5.10 Å². The zero-order chi connectivity index (χ0) is 17.8. The van der Waals surface area contributed by atoms with Gasteiger partial charge in [0.15, 0.2) is 0 Å². The Morgan fingerprint density at radius 2 is 2.12 bits per heavy atom. The van der Waals surface area contributed by atoms with E-state index in [0.29, 0.717) is 11.4 Å². The number of benzene rings is 1. The van der Waals surface area contributed by atoms with Gasteiger partial charge in [-0.2, -0.15) is 10.2 Å². The molecule has 0 saturated heterocycles. The maximum absolute atomic E-state index is 6.23. The smallest absolute Gasteiger partial charge is 0.221 e. The first-order valence-corrected chi connectivity index (χ1v) is 10.1. The van der Waals surface area contributed by atoms with Gasteiger partial charge < -0.3 is 4.74 Å². The highest BCUT2D eigenvalue weighted by Gasteiger charge is 2.19. The molecule has 0 spiro atoms. The van der Waals surface area contributed by atoms with E-state index in [2.05, 4.69) is 46.6 Å². The van der Waals surface area contributed by atoms with Crippen molar-refractivity contribution in [2.24, 2.45) is 0 Å². The van der Waals surface area contributed by atoms with E-state index in [4.69, 9.17) is 21.4 Å². The Kier molecular flexibility index (Phi) is 6.01. The third-order valence-corrected chi connectivity index (χ3v) is 5.05. The minimum Gasteiger partial charge on any atom is -0.439 e. The summed E-state index contributed by atoms with van der Waals surface area (Å²) >= 11 is 8.55. The van der Waals surface area contributed by atoms with E-state index in [9.17, 15) is 0 Å². The Hall–Kier alpha value is -1.54. The lowest BCUT2D eigenvalue weighted by molar-refractivity contribution is 0.412. The van der Waals surface area contributed by atoms with Crippen LogP contribution in [0.15, 0.2) is 30.5 Å². The molecule has 0 radical (unpaired) electrons. The van der Waals surface area contributed by atoms with Crippen molar-refractivity contribution in [1.29, 1.82) is 0 Å². The lowest BCUT2D eigenvalue weighted by atomic mass is 10.1. The van der Waals surface area contributed by atoms with Gasteiger partial charge in [0.2, 0.25) is 5.88 Å². The molecule has 0 aliphatic carbocycles. The standard InChI is InChI=1S/C18H20ClIN4O/c1-3-16-17(10-14-5-6-21-22-14)23-24(4-2)18(16)25-15-8-12(11-20)7-13(19)9-15/h5-9H,3-4,10-11H2,1-2H3,(H,21,22). The molecule has 1 aromatic carbocycles. The highest BCUT2D eigenvalue weighted by Crippen LogP contribution is 2.32. The monoisotopic (exact) mass is 470 g/mol. The Labute approximate surface area is 165 Å². The molecule has 3 rings (SSSR count). The van der Waals surface area contributed by atoms with Crippen LogP contribution in [0.2, 0.25) is 5.02 Å². The average molecular weight is 471 g/mol. The van der Waals surface area contributed by atoms with Gasteiger partial charge in [0.05, 0.1) is 5.69 Å². The summed E-state index contributed by atoms with van der Waals surface area (Å²) in [7, 11) is 0. The highest BCUT2D eigenvalue weighted by molar-refractivity contribution is 14.1. The fourth-order valence-electron chi connectivity index (χ4n) is 2.79. The summed E-state index contributed by atoms with van der Waals surface area (Å²) in [5, 5.41) is 12.4. The van der Waals surface area contributed by atoms with E-state index in [0.717, 1.165) is 51.5 Å². The molecule has 3 aromatic rings. The van der Waals surface area contributed by atoms with Crippen LogP contribution < -0.4 is 4.74 Å². The predicted molar refractivity (Wildman–Crippen MR) is 108 cm³/mol. The molecule has 0 saturated carbocycles. The summed E-state index contributed by atoms with van der Waals surface area (Å²) in [5.74, 6) is 1.54. The van der Waals surface area contributed by atoms with Gasteiger partial charge in [-0.05, 0) is 43.2 Å². The second kappa shape index (κ2) is 8.23. The van der Waals surface area contributed by atoms with Crippen LogP contribution in [0.1, 0.15) is 36.4 Å². The van der Waals surface area contributed by atoms with Crippen molar-refractivity contribution in [3.05, 3.63) is 58.0 Å². The molecule has 2 aromatic heterocycles. The van der Waals surface area contributed by atoms with Crippen molar-refractivity contribution in [1.82, 2.24) is 20.0 Å². The summed E-state index contributed by atoms with van der Waals surface area (Å²) in [6.45, 7) is 4.92. The summed E-state index contributed by atoms with van der Waals surface area (Å²) in [4.78, 5) is 0. The first-order valence-electron chi connectivity index (χ1n) is 8.24. The predicted octanol–water partition coefficient (Wildman–Crippen LogP) is 5.16. The van der Waals surface area contributed by atoms with Gasteiger partial charge >= 0.3 is 0 Å². The molecule has 7 heteroatoms. The number of ether oxygens (including phenoxy) is 1. The Balaban J connectivity index is 1.97. The van der Waals surface area contributed by atoms with E-state index < -0.39 is 0 Å². The van der Waals surface area contributed by atoms with Crippen LogP contribution in [-0.2, 0) is 23.8 Å². The largest absolute Gasteiger partial charge is 0.439 e. The molecule has 5 nitrogen and oxygen atoms in total. The van der Waals surface area contributed by atoms with Crippen molar-refractivity contribution < 1.29 is 4.74 Å². The van der Waals surface area contributed by atoms with E-state index in [1.807, 2.05) is 28.9 Å². The Morgan fingerprint density at radius 1 is 1.28 bits per heavy atom. The number of alkyl halides is 1. The molecule has 25 heavy (non-hydrogen) atoms. The molecule has 0 unspecified atom stereocenters. The van der Waals surface area contributed by atoms with Crippen LogP contribution in [-0.4, -0.2) is 20.0 Å². The number of hydrogen-bond donors (Lipinski definition) is 1. The Bertz CT molecular complexity index is 845. The zero-order valence-electron chi connectivity index (χ0n) is 14.2. The number of aromatic nitrogens is 4. The first kappa shape index (κ1) is 18.3. The summed E-state index contributed by atoms with van der Waals surface area (Å²) < 4.78 is 9.03. The molecule has 0 amide bonds. The van der Waals surface area contributed by atoms with Crippen LogP contribution in [0.3, 0.4) is 0 Å². The van der Waals surface area contributed by atoms with E-state index in [-0.39, 0.29) is 0 Å². The van der Waals surface area contributed by atoms with Gasteiger partial charge in [-0.15, -0.1) is 0 Å². The third kappa shape index (κ3) is 4.17. The van der Waals surface area contributed by atoms with E-state index in [1.54, 1.807) is 6.20 Å². The van der Waals surface area contributed by atoms with Gasteiger partial charge in [0.1, 0.15) is 5.75 Å². The van der Waals surface area contributed by atoms with Crippen LogP contribution >= 0.6 is 34.2 Å². The minimum absolute atomic E-state index is 0.683. The quantitative estimate of drug-likeness (QED) is 0.383. The molecule has 2 heterocycles. The third-order valence-electron chi connectivity index (χ3n) is 3.95. The second-order valence-electron chi connectivity index (χ2n) is 5.69. The number of rotatable bonds is 7. The number of H-pyrrole nitrogens is 1. The van der Waals surface area contributed by atoms with Crippen LogP contribution in [0.4, 0.5) is 0 Å². The second-order valence-corrected chi connectivity index (χ2v) is 6.89.